The second-order valence-corrected chi connectivity index (χ2v) is 11.3. The Balaban J connectivity index is 1.49. The fraction of sp³-hybridized carbons (Fsp3) is 0.645. The van der Waals surface area contributed by atoms with Crippen molar-refractivity contribution in [2.75, 3.05) is 6.61 Å². The molecule has 0 spiro atoms. The molecule has 8 atom stereocenters. The third-order valence-electron chi connectivity index (χ3n) is 8.30. The number of carbonyl (C=O) groups is 1. The number of fused-ring (bicyclic) bond motifs is 1. The van der Waals surface area contributed by atoms with E-state index in [0.717, 1.165) is 40.9 Å². The van der Waals surface area contributed by atoms with E-state index < -0.39 is 18.3 Å². The first-order chi connectivity index (χ1) is 17.7. The standard InChI is InChI=1S/C31H44O6/c1-6-27(36-30-20(4)13-18(2)14-21(30)5)31(34)37-28-17-24(33)15-22-8-7-19(3)26(29(22)28)10-9-25-16-23(32)11-12-35-25/h7-8,13-15,19,23-29,32-33H,6,9-12,16-17H2,1-5H3/t19-,23+,24+,25+,26-,27?,28-,29-/m0/s1. The van der Waals surface area contributed by atoms with Crippen molar-refractivity contribution in [3.05, 3.63) is 52.6 Å². The van der Waals surface area contributed by atoms with Gasteiger partial charge in [0, 0.05) is 18.9 Å². The highest BCUT2D eigenvalue weighted by Gasteiger charge is 2.43. The summed E-state index contributed by atoms with van der Waals surface area (Å²) in [6.07, 6.45) is 8.21. The van der Waals surface area contributed by atoms with Crippen molar-refractivity contribution < 1.29 is 29.2 Å². The van der Waals surface area contributed by atoms with Crippen LogP contribution in [0.1, 0.15) is 69.1 Å². The molecule has 3 aliphatic rings. The van der Waals surface area contributed by atoms with E-state index in [1.807, 2.05) is 33.8 Å². The minimum absolute atomic E-state index is 0.0150. The van der Waals surface area contributed by atoms with Gasteiger partial charge in [0.1, 0.15) is 11.9 Å². The van der Waals surface area contributed by atoms with Crippen molar-refractivity contribution in [3.8, 4) is 5.75 Å². The van der Waals surface area contributed by atoms with E-state index in [2.05, 4.69) is 31.2 Å². The van der Waals surface area contributed by atoms with Crippen molar-refractivity contribution in [3.63, 3.8) is 0 Å². The lowest BCUT2D eigenvalue weighted by atomic mass is 9.66. The predicted molar refractivity (Wildman–Crippen MR) is 143 cm³/mol. The molecule has 6 heteroatoms. The number of ether oxygens (including phenoxy) is 3. The average Bonchev–Trinajstić information content (AvgIpc) is 2.83. The molecule has 1 aromatic carbocycles. The van der Waals surface area contributed by atoms with E-state index in [-0.39, 0.29) is 30.0 Å². The molecule has 37 heavy (non-hydrogen) atoms. The predicted octanol–water partition coefficient (Wildman–Crippen LogP) is 5.13. The van der Waals surface area contributed by atoms with Crippen LogP contribution < -0.4 is 4.74 Å². The lowest BCUT2D eigenvalue weighted by Gasteiger charge is -2.43. The van der Waals surface area contributed by atoms with Gasteiger partial charge in [-0.2, -0.15) is 0 Å². The first-order valence-corrected chi connectivity index (χ1v) is 14.0. The summed E-state index contributed by atoms with van der Waals surface area (Å²) in [5, 5.41) is 20.7. The van der Waals surface area contributed by atoms with E-state index in [1.54, 1.807) is 0 Å². The van der Waals surface area contributed by atoms with Gasteiger partial charge in [0.15, 0.2) is 6.10 Å². The SMILES string of the molecule is CCC(Oc1c(C)cc(C)cc1C)C(=O)O[C@H]1C[C@H](O)C=C2C=C[C@H](C)[C@H](CC[C@@H]3C[C@H](O)CCO3)[C@H]21. The van der Waals surface area contributed by atoms with Gasteiger partial charge in [0.25, 0.3) is 0 Å². The maximum absolute atomic E-state index is 13.4. The minimum Gasteiger partial charge on any atom is -0.478 e. The Morgan fingerprint density at radius 1 is 1.14 bits per heavy atom. The first-order valence-electron chi connectivity index (χ1n) is 14.0. The molecule has 4 rings (SSSR count). The molecule has 0 bridgehead atoms. The molecule has 1 aliphatic heterocycles. The Bertz CT molecular complexity index is 990. The zero-order chi connectivity index (χ0) is 26.7. The fourth-order valence-corrected chi connectivity index (χ4v) is 6.44. The molecular weight excluding hydrogens is 468 g/mol. The summed E-state index contributed by atoms with van der Waals surface area (Å²) in [6, 6.07) is 4.12. The van der Waals surface area contributed by atoms with E-state index in [9.17, 15) is 15.0 Å². The molecular formula is C31H44O6. The van der Waals surface area contributed by atoms with Gasteiger partial charge in [0.05, 0.1) is 18.3 Å². The maximum Gasteiger partial charge on any atom is 0.347 e. The summed E-state index contributed by atoms with van der Waals surface area (Å²) in [4.78, 5) is 13.4. The van der Waals surface area contributed by atoms with Crippen LogP contribution in [0.15, 0.2) is 35.9 Å². The smallest absolute Gasteiger partial charge is 0.347 e. The largest absolute Gasteiger partial charge is 0.478 e. The van der Waals surface area contributed by atoms with Gasteiger partial charge in [-0.05, 0) is 81.4 Å². The summed E-state index contributed by atoms with van der Waals surface area (Å²) in [6.45, 7) is 10.8. The Morgan fingerprint density at radius 2 is 1.86 bits per heavy atom. The molecule has 6 nitrogen and oxygen atoms in total. The van der Waals surface area contributed by atoms with E-state index in [0.29, 0.717) is 38.2 Å². The lowest BCUT2D eigenvalue weighted by molar-refractivity contribution is -0.163. The normalized spacial score (nSPS) is 32.3. The van der Waals surface area contributed by atoms with Crippen LogP contribution >= 0.6 is 0 Å². The van der Waals surface area contributed by atoms with Gasteiger partial charge < -0.3 is 24.4 Å². The molecule has 1 unspecified atom stereocenters. The van der Waals surface area contributed by atoms with Crippen LogP contribution in [0.2, 0.25) is 0 Å². The van der Waals surface area contributed by atoms with Crippen molar-refractivity contribution in [1.82, 2.24) is 0 Å². The summed E-state index contributed by atoms with van der Waals surface area (Å²) in [7, 11) is 0. The molecule has 1 fully saturated rings. The number of allylic oxidation sites excluding steroid dienone is 2. The third kappa shape index (κ3) is 6.65. The van der Waals surface area contributed by atoms with Gasteiger partial charge in [-0.25, -0.2) is 4.79 Å². The number of hydrogen-bond donors (Lipinski definition) is 2. The monoisotopic (exact) mass is 512 g/mol. The minimum atomic E-state index is -0.710. The van der Waals surface area contributed by atoms with Crippen molar-refractivity contribution in [2.45, 2.75) is 104 Å². The quantitative estimate of drug-likeness (QED) is 0.470. The van der Waals surface area contributed by atoms with Crippen LogP contribution in [-0.2, 0) is 14.3 Å². The van der Waals surface area contributed by atoms with E-state index >= 15 is 0 Å². The van der Waals surface area contributed by atoms with Crippen molar-refractivity contribution >= 4 is 5.97 Å². The zero-order valence-electron chi connectivity index (χ0n) is 23.0. The number of hydrogen-bond acceptors (Lipinski definition) is 6. The summed E-state index contributed by atoms with van der Waals surface area (Å²) in [5.41, 5.74) is 4.21. The highest BCUT2D eigenvalue weighted by molar-refractivity contribution is 5.75. The number of aryl methyl sites for hydroxylation is 3. The van der Waals surface area contributed by atoms with E-state index in [4.69, 9.17) is 14.2 Å². The Kier molecular flexibility index (Phi) is 9.15. The average molecular weight is 513 g/mol. The van der Waals surface area contributed by atoms with Gasteiger partial charge in [0.2, 0.25) is 0 Å². The summed E-state index contributed by atoms with van der Waals surface area (Å²) < 4.78 is 18.3. The molecule has 2 N–H and O–H groups in total. The van der Waals surface area contributed by atoms with Gasteiger partial charge >= 0.3 is 5.97 Å². The van der Waals surface area contributed by atoms with Gasteiger partial charge in [-0.3, -0.25) is 0 Å². The third-order valence-corrected chi connectivity index (χ3v) is 8.30. The molecule has 2 aliphatic carbocycles. The topological polar surface area (TPSA) is 85.2 Å². The Labute approximate surface area is 221 Å². The lowest BCUT2D eigenvalue weighted by Crippen LogP contribution is -2.44. The van der Waals surface area contributed by atoms with Crippen LogP contribution in [0, 0.1) is 38.5 Å². The fourth-order valence-electron chi connectivity index (χ4n) is 6.44. The Morgan fingerprint density at radius 3 is 2.54 bits per heavy atom. The van der Waals surface area contributed by atoms with Gasteiger partial charge in [-0.1, -0.05) is 49.8 Å². The summed E-state index contributed by atoms with van der Waals surface area (Å²) in [5.74, 6) is 0.941. The van der Waals surface area contributed by atoms with Crippen molar-refractivity contribution in [2.24, 2.45) is 17.8 Å². The summed E-state index contributed by atoms with van der Waals surface area (Å²) >= 11 is 0. The van der Waals surface area contributed by atoms with Gasteiger partial charge in [-0.15, -0.1) is 0 Å². The number of aliphatic hydroxyl groups excluding tert-OH is 2. The van der Waals surface area contributed by atoms with Crippen molar-refractivity contribution in [1.29, 1.82) is 0 Å². The second-order valence-electron chi connectivity index (χ2n) is 11.3. The first kappa shape index (κ1) is 27.9. The molecule has 0 radical (unpaired) electrons. The second kappa shape index (κ2) is 12.1. The number of rotatable bonds is 8. The number of esters is 1. The zero-order valence-corrected chi connectivity index (χ0v) is 23.0. The number of aliphatic hydroxyl groups is 2. The molecule has 0 saturated carbocycles. The molecule has 1 heterocycles. The molecule has 204 valence electrons. The highest BCUT2D eigenvalue weighted by atomic mass is 16.6. The van der Waals surface area contributed by atoms with Crippen LogP contribution in [-0.4, -0.2) is 53.3 Å². The number of carbonyl (C=O) groups excluding carboxylic acids is 1. The Hall–Kier alpha value is -2.15. The van der Waals surface area contributed by atoms with Crippen LogP contribution in [0.5, 0.6) is 5.75 Å². The molecule has 0 aromatic heterocycles. The maximum atomic E-state index is 13.4. The number of benzene rings is 1. The molecule has 1 saturated heterocycles. The van der Waals surface area contributed by atoms with Crippen LogP contribution in [0.25, 0.3) is 0 Å². The molecule has 1 aromatic rings. The van der Waals surface area contributed by atoms with E-state index in [1.165, 1.54) is 0 Å². The van der Waals surface area contributed by atoms with Crippen LogP contribution in [0.3, 0.4) is 0 Å². The highest BCUT2D eigenvalue weighted by Crippen LogP contribution is 2.44. The molecule has 0 amide bonds. The van der Waals surface area contributed by atoms with Crippen LogP contribution in [0.4, 0.5) is 0 Å².